The first kappa shape index (κ1) is 17.0. The van der Waals surface area contributed by atoms with Gasteiger partial charge in [-0.05, 0) is 53.4 Å². The zero-order valence-corrected chi connectivity index (χ0v) is 13.2. The molecule has 1 unspecified atom stereocenters. The molecule has 0 aromatic rings. The molecular formula is C15H27NO4. The molecule has 0 bridgehead atoms. The van der Waals surface area contributed by atoms with E-state index in [0.29, 0.717) is 0 Å². The van der Waals surface area contributed by atoms with Crippen molar-refractivity contribution in [1.82, 2.24) is 5.32 Å². The minimum absolute atomic E-state index is 0.0152. The van der Waals surface area contributed by atoms with E-state index < -0.39 is 6.10 Å². The van der Waals surface area contributed by atoms with Gasteiger partial charge in [-0.1, -0.05) is 0 Å². The van der Waals surface area contributed by atoms with Crippen LogP contribution in [0, 0.1) is 5.92 Å². The van der Waals surface area contributed by atoms with Crippen molar-refractivity contribution in [3.05, 3.63) is 0 Å². The fraction of sp³-hybridized carbons (Fsp3) is 0.867. The Bertz CT molecular complexity index is 340. The maximum Gasteiger partial charge on any atom is 0.308 e. The molecule has 0 spiro atoms. The zero-order chi connectivity index (χ0) is 15.3. The molecule has 0 aliphatic heterocycles. The Kier molecular flexibility index (Phi) is 5.99. The van der Waals surface area contributed by atoms with Crippen molar-refractivity contribution in [3.8, 4) is 0 Å². The van der Waals surface area contributed by atoms with Crippen LogP contribution in [0.3, 0.4) is 0 Å². The van der Waals surface area contributed by atoms with Crippen LogP contribution in [0.15, 0.2) is 0 Å². The molecule has 116 valence electrons. The number of carbonyl (C=O) groups excluding carboxylic acids is 2. The van der Waals surface area contributed by atoms with E-state index in [9.17, 15) is 9.59 Å². The van der Waals surface area contributed by atoms with Gasteiger partial charge in [-0.3, -0.25) is 9.59 Å². The van der Waals surface area contributed by atoms with Gasteiger partial charge in [0.05, 0.1) is 19.1 Å². The number of esters is 1. The van der Waals surface area contributed by atoms with Crippen molar-refractivity contribution in [2.24, 2.45) is 5.92 Å². The predicted molar refractivity (Wildman–Crippen MR) is 76.2 cm³/mol. The molecule has 1 amide bonds. The van der Waals surface area contributed by atoms with E-state index in [-0.39, 0.29) is 29.4 Å². The highest BCUT2D eigenvalue weighted by Gasteiger charge is 2.29. The molecule has 5 heteroatoms. The summed E-state index contributed by atoms with van der Waals surface area (Å²) in [4.78, 5) is 23.4. The van der Waals surface area contributed by atoms with Gasteiger partial charge in [0.2, 0.25) is 5.91 Å². The standard InChI is InChI=1S/C15H27NO4/c1-10(13(17)16-15(2,3)4)20-12-8-6-11(7-9-12)14(18)19-5/h10-12H,6-9H2,1-5H3,(H,16,17). The Morgan fingerprint density at radius 2 is 1.70 bits per heavy atom. The topological polar surface area (TPSA) is 64.6 Å². The lowest BCUT2D eigenvalue weighted by molar-refractivity contribution is -0.149. The van der Waals surface area contributed by atoms with Gasteiger partial charge in [-0.25, -0.2) is 0 Å². The third-order valence-electron chi connectivity index (χ3n) is 3.47. The molecule has 1 aliphatic rings. The van der Waals surface area contributed by atoms with E-state index in [2.05, 4.69) is 5.32 Å². The first-order valence-corrected chi connectivity index (χ1v) is 7.28. The molecule has 1 N–H and O–H groups in total. The average Bonchev–Trinajstić information content (AvgIpc) is 2.36. The third kappa shape index (κ3) is 5.49. The van der Waals surface area contributed by atoms with Crippen molar-refractivity contribution >= 4 is 11.9 Å². The van der Waals surface area contributed by atoms with Crippen LogP contribution in [0.4, 0.5) is 0 Å². The lowest BCUT2D eigenvalue weighted by atomic mass is 9.87. The first-order chi connectivity index (χ1) is 9.23. The smallest absolute Gasteiger partial charge is 0.308 e. The molecule has 1 rings (SSSR count). The van der Waals surface area contributed by atoms with E-state index in [4.69, 9.17) is 9.47 Å². The fourth-order valence-electron chi connectivity index (χ4n) is 2.42. The summed E-state index contributed by atoms with van der Waals surface area (Å²) < 4.78 is 10.6. The third-order valence-corrected chi connectivity index (χ3v) is 3.47. The van der Waals surface area contributed by atoms with Gasteiger partial charge in [0.25, 0.3) is 0 Å². The SMILES string of the molecule is COC(=O)C1CCC(OC(C)C(=O)NC(C)(C)C)CC1. The average molecular weight is 285 g/mol. The highest BCUT2D eigenvalue weighted by Crippen LogP contribution is 2.27. The molecule has 0 heterocycles. The van der Waals surface area contributed by atoms with E-state index in [1.165, 1.54) is 7.11 Å². The molecule has 0 aromatic carbocycles. The lowest BCUT2D eigenvalue weighted by Crippen LogP contribution is -2.46. The van der Waals surface area contributed by atoms with Crippen LogP contribution in [0.25, 0.3) is 0 Å². The Labute approximate surface area is 121 Å². The zero-order valence-electron chi connectivity index (χ0n) is 13.2. The van der Waals surface area contributed by atoms with Crippen LogP contribution in [0.1, 0.15) is 53.4 Å². The van der Waals surface area contributed by atoms with Crippen LogP contribution >= 0.6 is 0 Å². The van der Waals surface area contributed by atoms with Crippen LogP contribution in [-0.4, -0.2) is 36.7 Å². The van der Waals surface area contributed by atoms with E-state index >= 15 is 0 Å². The molecule has 1 aliphatic carbocycles. The number of carbonyl (C=O) groups is 2. The Hall–Kier alpha value is -1.10. The Morgan fingerprint density at radius 3 is 2.15 bits per heavy atom. The second-order valence-electron chi connectivity index (χ2n) is 6.51. The molecule has 0 aromatic heterocycles. The summed E-state index contributed by atoms with van der Waals surface area (Å²) in [6.45, 7) is 7.60. The minimum atomic E-state index is -0.464. The second-order valence-corrected chi connectivity index (χ2v) is 6.51. The Balaban J connectivity index is 2.36. The van der Waals surface area contributed by atoms with E-state index in [1.54, 1.807) is 6.92 Å². The van der Waals surface area contributed by atoms with Gasteiger partial charge in [0.15, 0.2) is 0 Å². The number of amides is 1. The fourth-order valence-corrected chi connectivity index (χ4v) is 2.42. The van der Waals surface area contributed by atoms with Crippen LogP contribution in [-0.2, 0) is 19.1 Å². The minimum Gasteiger partial charge on any atom is -0.469 e. The van der Waals surface area contributed by atoms with Gasteiger partial charge in [0, 0.05) is 5.54 Å². The second kappa shape index (κ2) is 7.07. The number of hydrogen-bond donors (Lipinski definition) is 1. The van der Waals surface area contributed by atoms with Crippen LogP contribution in [0.2, 0.25) is 0 Å². The molecule has 0 saturated heterocycles. The lowest BCUT2D eigenvalue weighted by Gasteiger charge is -2.30. The summed E-state index contributed by atoms with van der Waals surface area (Å²) >= 11 is 0. The molecular weight excluding hydrogens is 258 g/mol. The van der Waals surface area contributed by atoms with Gasteiger partial charge in [0.1, 0.15) is 6.10 Å². The molecule has 20 heavy (non-hydrogen) atoms. The van der Waals surface area contributed by atoms with Crippen LogP contribution in [0.5, 0.6) is 0 Å². The number of ether oxygens (including phenoxy) is 2. The van der Waals surface area contributed by atoms with Gasteiger partial charge in [-0.2, -0.15) is 0 Å². The number of rotatable bonds is 4. The summed E-state index contributed by atoms with van der Waals surface area (Å²) in [7, 11) is 1.42. The van der Waals surface area contributed by atoms with Crippen molar-refractivity contribution in [3.63, 3.8) is 0 Å². The highest BCUT2D eigenvalue weighted by atomic mass is 16.5. The maximum absolute atomic E-state index is 11.9. The molecule has 1 atom stereocenters. The van der Waals surface area contributed by atoms with Gasteiger partial charge in [-0.15, -0.1) is 0 Å². The van der Waals surface area contributed by atoms with Crippen molar-refractivity contribution < 1.29 is 19.1 Å². The normalized spacial score (nSPS) is 24.9. The Morgan fingerprint density at radius 1 is 1.15 bits per heavy atom. The molecule has 0 radical (unpaired) electrons. The van der Waals surface area contributed by atoms with E-state index in [1.807, 2.05) is 20.8 Å². The summed E-state index contributed by atoms with van der Waals surface area (Å²) in [6.07, 6.45) is 2.72. The summed E-state index contributed by atoms with van der Waals surface area (Å²) in [5.74, 6) is -0.242. The van der Waals surface area contributed by atoms with Crippen LogP contribution < -0.4 is 5.32 Å². The largest absolute Gasteiger partial charge is 0.469 e. The van der Waals surface area contributed by atoms with E-state index in [0.717, 1.165) is 25.7 Å². The number of nitrogens with one attached hydrogen (secondary N) is 1. The molecule has 1 fully saturated rings. The summed E-state index contributed by atoms with van der Waals surface area (Å²) in [6, 6.07) is 0. The van der Waals surface area contributed by atoms with Crippen molar-refractivity contribution in [2.75, 3.05) is 7.11 Å². The highest BCUT2D eigenvalue weighted by molar-refractivity contribution is 5.81. The van der Waals surface area contributed by atoms with Gasteiger partial charge < -0.3 is 14.8 Å². The van der Waals surface area contributed by atoms with Gasteiger partial charge >= 0.3 is 5.97 Å². The van der Waals surface area contributed by atoms with Crippen molar-refractivity contribution in [2.45, 2.75) is 71.1 Å². The summed E-state index contributed by atoms with van der Waals surface area (Å²) in [5.41, 5.74) is -0.253. The number of hydrogen-bond acceptors (Lipinski definition) is 4. The quantitative estimate of drug-likeness (QED) is 0.803. The monoisotopic (exact) mass is 285 g/mol. The molecule has 5 nitrogen and oxygen atoms in total. The predicted octanol–water partition coefficient (Wildman–Crippen LogP) is 2.04. The van der Waals surface area contributed by atoms with Crippen molar-refractivity contribution in [1.29, 1.82) is 0 Å². The summed E-state index contributed by atoms with van der Waals surface area (Å²) in [5, 5.41) is 2.91. The number of methoxy groups -OCH3 is 1. The first-order valence-electron chi connectivity index (χ1n) is 7.28. The molecule has 1 saturated carbocycles. The maximum atomic E-state index is 11.9.